The van der Waals surface area contributed by atoms with E-state index < -0.39 is 10.0 Å². The van der Waals surface area contributed by atoms with Crippen molar-refractivity contribution in [3.63, 3.8) is 0 Å². The Bertz CT molecular complexity index is 825. The van der Waals surface area contributed by atoms with Gasteiger partial charge in [-0.15, -0.1) is 0 Å². The molecule has 1 amide bonds. The third kappa shape index (κ3) is 3.60. The summed E-state index contributed by atoms with van der Waals surface area (Å²) in [6.07, 6.45) is 0. The molecule has 0 aromatic heterocycles. The molecule has 0 radical (unpaired) electrons. The predicted molar refractivity (Wildman–Crippen MR) is 91.2 cm³/mol. The van der Waals surface area contributed by atoms with Crippen molar-refractivity contribution in [1.29, 1.82) is 0 Å². The average molecular weight is 332 g/mol. The van der Waals surface area contributed by atoms with Crippen LogP contribution < -0.4 is 5.32 Å². The van der Waals surface area contributed by atoms with Gasteiger partial charge in [-0.3, -0.25) is 4.79 Å². The first-order chi connectivity index (χ1) is 10.7. The van der Waals surface area contributed by atoms with E-state index in [9.17, 15) is 13.2 Å². The van der Waals surface area contributed by atoms with Gasteiger partial charge in [0.05, 0.1) is 4.90 Å². The van der Waals surface area contributed by atoms with E-state index >= 15 is 0 Å². The number of hydrogen-bond acceptors (Lipinski definition) is 3. The van der Waals surface area contributed by atoms with Gasteiger partial charge in [-0.25, -0.2) is 12.7 Å². The Morgan fingerprint density at radius 1 is 1.00 bits per heavy atom. The Labute approximate surface area is 137 Å². The Hall–Kier alpha value is -2.18. The van der Waals surface area contributed by atoms with Crippen LogP contribution in [0.3, 0.4) is 0 Å². The van der Waals surface area contributed by atoms with Crippen LogP contribution in [0.4, 0.5) is 5.69 Å². The number of amides is 1. The van der Waals surface area contributed by atoms with Crippen molar-refractivity contribution in [2.45, 2.75) is 18.7 Å². The summed E-state index contributed by atoms with van der Waals surface area (Å²) in [4.78, 5) is 12.5. The highest BCUT2D eigenvalue weighted by molar-refractivity contribution is 7.89. The van der Waals surface area contributed by atoms with Crippen molar-refractivity contribution in [3.8, 4) is 0 Å². The maximum atomic E-state index is 12.3. The van der Waals surface area contributed by atoms with E-state index in [-0.39, 0.29) is 10.8 Å². The molecule has 0 unspecified atom stereocenters. The molecule has 0 fully saturated rings. The molecule has 0 saturated carbocycles. The van der Waals surface area contributed by atoms with Crippen LogP contribution in [0, 0.1) is 13.8 Å². The highest BCUT2D eigenvalue weighted by Crippen LogP contribution is 2.18. The van der Waals surface area contributed by atoms with Gasteiger partial charge in [-0.1, -0.05) is 12.1 Å². The van der Waals surface area contributed by atoms with E-state index in [4.69, 9.17) is 0 Å². The van der Waals surface area contributed by atoms with Gasteiger partial charge in [0.15, 0.2) is 0 Å². The lowest BCUT2D eigenvalue weighted by Gasteiger charge is -2.12. The van der Waals surface area contributed by atoms with Gasteiger partial charge >= 0.3 is 0 Å². The summed E-state index contributed by atoms with van der Waals surface area (Å²) in [5, 5.41) is 2.79. The lowest BCUT2D eigenvalue weighted by molar-refractivity contribution is 0.102. The third-order valence-electron chi connectivity index (χ3n) is 3.74. The van der Waals surface area contributed by atoms with E-state index in [0.29, 0.717) is 11.3 Å². The fourth-order valence-corrected chi connectivity index (χ4v) is 3.02. The van der Waals surface area contributed by atoms with Crippen LogP contribution in [-0.2, 0) is 10.0 Å². The van der Waals surface area contributed by atoms with Crippen LogP contribution in [0.25, 0.3) is 0 Å². The number of hydrogen-bond donors (Lipinski definition) is 1. The van der Waals surface area contributed by atoms with Crippen LogP contribution in [-0.4, -0.2) is 32.7 Å². The number of rotatable bonds is 4. The van der Waals surface area contributed by atoms with Crippen molar-refractivity contribution in [2.75, 3.05) is 19.4 Å². The largest absolute Gasteiger partial charge is 0.322 e. The van der Waals surface area contributed by atoms with E-state index in [1.54, 1.807) is 18.2 Å². The van der Waals surface area contributed by atoms with Crippen LogP contribution in [0.2, 0.25) is 0 Å². The van der Waals surface area contributed by atoms with Crippen molar-refractivity contribution in [3.05, 3.63) is 59.2 Å². The van der Waals surface area contributed by atoms with E-state index in [0.717, 1.165) is 15.4 Å². The molecule has 122 valence electrons. The van der Waals surface area contributed by atoms with Crippen molar-refractivity contribution >= 4 is 21.6 Å². The molecule has 23 heavy (non-hydrogen) atoms. The Morgan fingerprint density at radius 3 is 2.17 bits per heavy atom. The summed E-state index contributed by atoms with van der Waals surface area (Å²) >= 11 is 0. The summed E-state index contributed by atoms with van der Waals surface area (Å²) in [6.45, 7) is 3.85. The normalized spacial score (nSPS) is 11.5. The van der Waals surface area contributed by atoms with E-state index in [1.807, 2.05) is 26.0 Å². The molecule has 2 aromatic rings. The molecule has 5 nitrogen and oxygen atoms in total. The van der Waals surface area contributed by atoms with Crippen LogP contribution in [0.15, 0.2) is 47.4 Å². The first-order valence-corrected chi connectivity index (χ1v) is 8.57. The first-order valence-electron chi connectivity index (χ1n) is 7.13. The van der Waals surface area contributed by atoms with Crippen LogP contribution in [0.5, 0.6) is 0 Å². The summed E-state index contributed by atoms with van der Waals surface area (Å²) in [7, 11) is -0.511. The Kier molecular flexibility index (Phi) is 4.87. The third-order valence-corrected chi connectivity index (χ3v) is 5.57. The summed E-state index contributed by atoms with van der Waals surface area (Å²) in [6, 6.07) is 11.7. The quantitative estimate of drug-likeness (QED) is 0.936. The van der Waals surface area contributed by atoms with Gasteiger partial charge in [0.2, 0.25) is 10.0 Å². The topological polar surface area (TPSA) is 66.5 Å². The number of aryl methyl sites for hydroxylation is 1. The molecule has 1 N–H and O–H groups in total. The highest BCUT2D eigenvalue weighted by Gasteiger charge is 2.17. The molecule has 6 heteroatoms. The zero-order valence-corrected chi connectivity index (χ0v) is 14.4. The molecule has 0 atom stereocenters. The van der Waals surface area contributed by atoms with Crippen molar-refractivity contribution in [2.24, 2.45) is 0 Å². The van der Waals surface area contributed by atoms with Crippen LogP contribution >= 0.6 is 0 Å². The lowest BCUT2D eigenvalue weighted by Crippen LogP contribution is -2.22. The minimum atomic E-state index is -3.47. The molecule has 0 spiro atoms. The van der Waals surface area contributed by atoms with Gasteiger partial charge < -0.3 is 5.32 Å². The second-order valence-corrected chi connectivity index (χ2v) is 7.67. The average Bonchev–Trinajstić information content (AvgIpc) is 2.50. The number of nitrogens with one attached hydrogen (secondary N) is 1. The molecule has 0 saturated heterocycles. The van der Waals surface area contributed by atoms with Crippen molar-refractivity contribution < 1.29 is 13.2 Å². The summed E-state index contributed by atoms with van der Waals surface area (Å²) < 4.78 is 25.2. The van der Waals surface area contributed by atoms with Crippen LogP contribution in [0.1, 0.15) is 21.5 Å². The molecule has 2 aromatic carbocycles. The SMILES string of the molecule is Cc1cccc(C(=O)Nc2ccc(S(=O)(=O)N(C)C)cc2)c1C. The standard InChI is InChI=1S/C17H20N2O3S/c1-12-6-5-7-16(13(12)2)17(20)18-14-8-10-15(11-9-14)23(21,22)19(3)4/h5-11H,1-4H3,(H,18,20). The van der Waals surface area contributed by atoms with E-state index in [2.05, 4.69) is 5.32 Å². The maximum Gasteiger partial charge on any atom is 0.255 e. The zero-order valence-electron chi connectivity index (χ0n) is 13.6. The second kappa shape index (κ2) is 6.52. The lowest BCUT2D eigenvalue weighted by atomic mass is 10.0. The maximum absolute atomic E-state index is 12.3. The number of sulfonamides is 1. The van der Waals surface area contributed by atoms with Gasteiger partial charge in [0.25, 0.3) is 5.91 Å². The van der Waals surface area contributed by atoms with Gasteiger partial charge in [-0.2, -0.15) is 0 Å². The fourth-order valence-electron chi connectivity index (χ4n) is 2.12. The summed E-state index contributed by atoms with van der Waals surface area (Å²) in [5.74, 6) is -0.214. The Balaban J connectivity index is 2.22. The number of carbonyl (C=O) groups excluding carboxylic acids is 1. The van der Waals surface area contributed by atoms with Gasteiger partial charge in [0, 0.05) is 25.3 Å². The highest BCUT2D eigenvalue weighted by atomic mass is 32.2. The predicted octanol–water partition coefficient (Wildman–Crippen LogP) is 2.81. The summed E-state index contributed by atoms with van der Waals surface area (Å²) in [5.41, 5.74) is 3.13. The molecule has 0 aliphatic rings. The first kappa shape index (κ1) is 17.2. The number of nitrogens with zero attached hydrogens (tertiary/aromatic N) is 1. The second-order valence-electron chi connectivity index (χ2n) is 5.51. The van der Waals surface area contributed by atoms with Gasteiger partial charge in [-0.05, 0) is 55.3 Å². The minimum Gasteiger partial charge on any atom is -0.322 e. The van der Waals surface area contributed by atoms with Gasteiger partial charge in [0.1, 0.15) is 0 Å². The molecular weight excluding hydrogens is 312 g/mol. The molecule has 0 aliphatic carbocycles. The number of benzene rings is 2. The molecule has 2 rings (SSSR count). The fraction of sp³-hybridized carbons (Fsp3) is 0.235. The molecular formula is C17H20N2O3S. The Morgan fingerprint density at radius 2 is 1.61 bits per heavy atom. The number of anilines is 1. The van der Waals surface area contributed by atoms with Crippen molar-refractivity contribution in [1.82, 2.24) is 4.31 Å². The number of carbonyl (C=O) groups is 1. The molecule has 0 bridgehead atoms. The van der Waals surface area contributed by atoms with E-state index in [1.165, 1.54) is 26.2 Å². The molecule has 0 heterocycles. The minimum absolute atomic E-state index is 0.187. The monoisotopic (exact) mass is 332 g/mol. The zero-order chi connectivity index (χ0) is 17.2. The smallest absolute Gasteiger partial charge is 0.255 e. The molecule has 0 aliphatic heterocycles.